The fourth-order valence-corrected chi connectivity index (χ4v) is 0.857. The number of nitrogens with one attached hydrogen (secondary N) is 2. The number of amides is 1. The first-order valence-corrected chi connectivity index (χ1v) is 4.67. The number of hydrogen-bond donors (Lipinski definition) is 2. The zero-order valence-corrected chi connectivity index (χ0v) is 9.46. The molecule has 0 aliphatic carbocycles. The van der Waals surface area contributed by atoms with Crippen molar-refractivity contribution in [2.45, 2.75) is 13.8 Å². The molecule has 0 atom stereocenters. The van der Waals surface area contributed by atoms with E-state index in [0.29, 0.717) is 5.57 Å². The molecule has 2 N–H and O–H groups in total. The smallest absolute Gasteiger partial charge is 0.274 e. The van der Waals surface area contributed by atoms with E-state index in [1.165, 1.54) is 0 Å². The van der Waals surface area contributed by atoms with Crippen LogP contribution < -0.4 is 10.8 Å². The third kappa shape index (κ3) is 5.70. The minimum Gasteiger partial charge on any atom is -0.394 e. The summed E-state index contributed by atoms with van der Waals surface area (Å²) in [6.07, 6.45) is 4.95. The van der Waals surface area contributed by atoms with Crippen LogP contribution >= 0.6 is 0 Å². The molecule has 0 bridgehead atoms. The molecule has 0 heterocycles. The van der Waals surface area contributed by atoms with Crippen molar-refractivity contribution in [1.29, 1.82) is 0 Å². The average Bonchev–Trinajstić information content (AvgIpc) is 2.18. The van der Waals surface area contributed by atoms with Crippen molar-refractivity contribution in [3.8, 4) is 0 Å². The third-order valence-electron chi connectivity index (χ3n) is 1.57. The Bertz CT molecular complexity index is 276. The maximum Gasteiger partial charge on any atom is 0.274 e. The molecule has 4 heteroatoms. The normalized spacial score (nSPS) is 9.80. The Hall–Kier alpha value is -1.55. The molecule has 15 heavy (non-hydrogen) atoms. The van der Waals surface area contributed by atoms with Gasteiger partial charge in [0.2, 0.25) is 0 Å². The summed E-state index contributed by atoms with van der Waals surface area (Å²) in [4.78, 5) is 16.4. The van der Waals surface area contributed by atoms with Gasteiger partial charge in [0, 0.05) is 12.6 Å². The molecule has 0 radical (unpaired) electrons. The van der Waals surface area contributed by atoms with Crippen LogP contribution in [0.1, 0.15) is 13.8 Å². The van der Waals surface area contributed by atoms with E-state index in [1.807, 2.05) is 13.8 Å². The SMILES string of the molecule is C=CCONC(=O)C(/C=C\NC)=C(C)C. The largest absolute Gasteiger partial charge is 0.394 e. The van der Waals surface area contributed by atoms with Gasteiger partial charge in [-0.3, -0.25) is 9.63 Å². The van der Waals surface area contributed by atoms with Crippen LogP contribution in [0, 0.1) is 0 Å². The van der Waals surface area contributed by atoms with Gasteiger partial charge in [-0.25, -0.2) is 5.48 Å². The van der Waals surface area contributed by atoms with E-state index >= 15 is 0 Å². The zero-order chi connectivity index (χ0) is 11.7. The predicted molar refractivity (Wildman–Crippen MR) is 60.9 cm³/mol. The second kappa shape index (κ2) is 7.82. The fraction of sp³-hybridized carbons (Fsp3) is 0.364. The van der Waals surface area contributed by atoms with E-state index in [4.69, 9.17) is 4.84 Å². The highest BCUT2D eigenvalue weighted by molar-refractivity contribution is 5.96. The summed E-state index contributed by atoms with van der Waals surface area (Å²) >= 11 is 0. The van der Waals surface area contributed by atoms with Gasteiger partial charge in [-0.15, -0.1) is 6.58 Å². The number of carbonyl (C=O) groups is 1. The molecule has 0 aliphatic rings. The highest BCUT2D eigenvalue weighted by atomic mass is 16.6. The van der Waals surface area contributed by atoms with Gasteiger partial charge in [-0.2, -0.15) is 0 Å². The summed E-state index contributed by atoms with van der Waals surface area (Å²) in [6.45, 7) is 7.49. The minimum atomic E-state index is -0.261. The molecule has 0 aromatic heterocycles. The quantitative estimate of drug-likeness (QED) is 0.228. The number of allylic oxidation sites excluding steroid dienone is 1. The maximum atomic E-state index is 11.6. The van der Waals surface area contributed by atoms with Crippen molar-refractivity contribution in [1.82, 2.24) is 10.8 Å². The molecular weight excluding hydrogens is 192 g/mol. The van der Waals surface area contributed by atoms with Crippen molar-refractivity contribution in [2.24, 2.45) is 0 Å². The molecule has 0 spiro atoms. The first kappa shape index (κ1) is 13.4. The van der Waals surface area contributed by atoms with Crippen molar-refractivity contribution < 1.29 is 9.63 Å². The summed E-state index contributed by atoms with van der Waals surface area (Å²) in [5, 5.41) is 2.82. The van der Waals surface area contributed by atoms with Gasteiger partial charge in [0.05, 0.1) is 6.61 Å². The Kier molecular flexibility index (Phi) is 7.01. The summed E-state index contributed by atoms with van der Waals surface area (Å²) in [5.41, 5.74) is 3.82. The van der Waals surface area contributed by atoms with Crippen molar-refractivity contribution in [2.75, 3.05) is 13.7 Å². The molecule has 0 aliphatic heterocycles. The second-order valence-electron chi connectivity index (χ2n) is 3.07. The molecule has 84 valence electrons. The Labute approximate surface area is 90.6 Å². The highest BCUT2D eigenvalue weighted by Gasteiger charge is 2.07. The van der Waals surface area contributed by atoms with Crippen LogP contribution in [0.2, 0.25) is 0 Å². The van der Waals surface area contributed by atoms with Gasteiger partial charge < -0.3 is 5.32 Å². The van der Waals surface area contributed by atoms with E-state index in [9.17, 15) is 4.79 Å². The van der Waals surface area contributed by atoms with Crippen LogP contribution in [0.25, 0.3) is 0 Å². The maximum absolute atomic E-state index is 11.6. The molecule has 0 aromatic rings. The predicted octanol–water partition coefficient (Wildman–Crippen LogP) is 1.29. The van der Waals surface area contributed by atoms with Gasteiger partial charge in [0.25, 0.3) is 5.91 Å². The molecule has 0 unspecified atom stereocenters. The highest BCUT2D eigenvalue weighted by Crippen LogP contribution is 2.04. The summed E-state index contributed by atoms with van der Waals surface area (Å²) in [7, 11) is 1.77. The lowest BCUT2D eigenvalue weighted by Gasteiger charge is -2.06. The molecule has 1 amide bonds. The lowest BCUT2D eigenvalue weighted by Crippen LogP contribution is -2.25. The van der Waals surface area contributed by atoms with E-state index in [0.717, 1.165) is 5.57 Å². The van der Waals surface area contributed by atoms with Gasteiger partial charge in [-0.1, -0.05) is 11.6 Å². The van der Waals surface area contributed by atoms with E-state index in [2.05, 4.69) is 17.4 Å². The summed E-state index contributed by atoms with van der Waals surface area (Å²) in [6, 6.07) is 0. The first-order chi connectivity index (χ1) is 7.13. The second-order valence-corrected chi connectivity index (χ2v) is 3.07. The molecule has 0 fully saturated rings. The number of hydrogen-bond acceptors (Lipinski definition) is 3. The topological polar surface area (TPSA) is 50.4 Å². The monoisotopic (exact) mass is 210 g/mol. The van der Waals surface area contributed by atoms with Crippen LogP contribution in [0.15, 0.2) is 36.1 Å². The fourth-order valence-electron chi connectivity index (χ4n) is 0.857. The van der Waals surface area contributed by atoms with Gasteiger partial charge in [-0.05, 0) is 26.1 Å². The van der Waals surface area contributed by atoms with E-state index < -0.39 is 0 Å². The zero-order valence-electron chi connectivity index (χ0n) is 9.46. The molecule has 0 saturated carbocycles. The van der Waals surface area contributed by atoms with Gasteiger partial charge in [0.1, 0.15) is 0 Å². The van der Waals surface area contributed by atoms with Crippen LogP contribution in [0.4, 0.5) is 0 Å². The van der Waals surface area contributed by atoms with E-state index in [1.54, 1.807) is 25.4 Å². The third-order valence-corrected chi connectivity index (χ3v) is 1.57. The number of rotatable bonds is 6. The summed E-state index contributed by atoms with van der Waals surface area (Å²) in [5.74, 6) is -0.261. The van der Waals surface area contributed by atoms with Gasteiger partial charge >= 0.3 is 0 Å². The minimum absolute atomic E-state index is 0.261. The van der Waals surface area contributed by atoms with Crippen LogP contribution in [-0.4, -0.2) is 19.6 Å². The standard InChI is InChI=1S/C11H18N2O2/c1-5-8-15-13-11(14)10(9(2)3)6-7-12-4/h5-7,12H,1,8H2,2-4H3,(H,13,14)/b7-6-. The summed E-state index contributed by atoms with van der Waals surface area (Å²) < 4.78 is 0. The van der Waals surface area contributed by atoms with Crippen LogP contribution in [0.5, 0.6) is 0 Å². The van der Waals surface area contributed by atoms with Crippen LogP contribution in [0.3, 0.4) is 0 Å². The van der Waals surface area contributed by atoms with Crippen molar-refractivity contribution in [3.05, 3.63) is 36.1 Å². The van der Waals surface area contributed by atoms with Crippen LogP contribution in [-0.2, 0) is 9.63 Å². The molecular formula is C11H18N2O2. The molecule has 0 saturated heterocycles. The molecule has 4 nitrogen and oxygen atoms in total. The Morgan fingerprint density at radius 2 is 2.13 bits per heavy atom. The lowest BCUT2D eigenvalue weighted by atomic mass is 10.1. The number of carbonyl (C=O) groups excluding carboxylic acids is 1. The van der Waals surface area contributed by atoms with Gasteiger partial charge in [0.15, 0.2) is 0 Å². The number of hydroxylamine groups is 1. The Morgan fingerprint density at radius 1 is 1.47 bits per heavy atom. The molecule has 0 aromatic carbocycles. The Morgan fingerprint density at radius 3 is 2.60 bits per heavy atom. The first-order valence-electron chi connectivity index (χ1n) is 4.67. The lowest BCUT2D eigenvalue weighted by molar-refractivity contribution is -0.128. The average molecular weight is 210 g/mol. The van der Waals surface area contributed by atoms with Crippen molar-refractivity contribution in [3.63, 3.8) is 0 Å². The Balaban J connectivity index is 4.39. The molecule has 0 rings (SSSR count). The van der Waals surface area contributed by atoms with E-state index in [-0.39, 0.29) is 12.5 Å². The van der Waals surface area contributed by atoms with Crippen molar-refractivity contribution >= 4 is 5.91 Å².